The van der Waals surface area contributed by atoms with E-state index in [1.165, 1.54) is 11.1 Å². The van der Waals surface area contributed by atoms with E-state index in [4.69, 9.17) is 9.84 Å². The minimum atomic E-state index is -0.739. The number of carbonyl (C=O) groups is 1. The van der Waals surface area contributed by atoms with Crippen molar-refractivity contribution in [2.75, 3.05) is 39.8 Å². The van der Waals surface area contributed by atoms with Gasteiger partial charge in [-0.25, -0.2) is 0 Å². The summed E-state index contributed by atoms with van der Waals surface area (Å²) in [5.41, 5.74) is 2.48. The van der Waals surface area contributed by atoms with E-state index in [-0.39, 0.29) is 6.54 Å². The van der Waals surface area contributed by atoms with Gasteiger partial charge in [-0.15, -0.1) is 0 Å². The van der Waals surface area contributed by atoms with Crippen molar-refractivity contribution in [3.63, 3.8) is 0 Å². The van der Waals surface area contributed by atoms with Gasteiger partial charge in [0.05, 0.1) is 13.2 Å². The highest BCUT2D eigenvalue weighted by Gasteiger charge is 2.16. The second kappa shape index (κ2) is 8.12. The quantitative estimate of drug-likeness (QED) is 0.859. The van der Waals surface area contributed by atoms with Crippen LogP contribution in [-0.2, 0) is 22.7 Å². The van der Waals surface area contributed by atoms with Crippen molar-refractivity contribution in [3.05, 3.63) is 35.4 Å². The number of benzene rings is 1. The van der Waals surface area contributed by atoms with Gasteiger partial charge in [-0.05, 0) is 24.1 Å². The highest BCUT2D eigenvalue weighted by Crippen LogP contribution is 2.11. The first-order chi connectivity index (χ1) is 10.2. The SMILES string of the molecule is COCc1ccc(CN2CCCN(CC(=O)O)CC2)cc1. The number of carboxylic acids is 1. The maximum atomic E-state index is 10.8. The third kappa shape index (κ3) is 5.46. The summed E-state index contributed by atoms with van der Waals surface area (Å²) in [6.07, 6.45) is 1.02. The van der Waals surface area contributed by atoms with E-state index in [2.05, 4.69) is 29.2 Å². The molecule has 1 N–H and O–H groups in total. The lowest BCUT2D eigenvalue weighted by Gasteiger charge is -2.21. The van der Waals surface area contributed by atoms with E-state index >= 15 is 0 Å². The van der Waals surface area contributed by atoms with Gasteiger partial charge in [0.15, 0.2) is 0 Å². The smallest absolute Gasteiger partial charge is 0.317 e. The Hall–Kier alpha value is -1.43. The fourth-order valence-electron chi connectivity index (χ4n) is 2.70. The van der Waals surface area contributed by atoms with Gasteiger partial charge in [0.2, 0.25) is 0 Å². The highest BCUT2D eigenvalue weighted by molar-refractivity contribution is 5.69. The zero-order chi connectivity index (χ0) is 15.1. The summed E-state index contributed by atoms with van der Waals surface area (Å²) in [7, 11) is 1.70. The van der Waals surface area contributed by atoms with Gasteiger partial charge in [-0.3, -0.25) is 14.6 Å². The van der Waals surface area contributed by atoms with Crippen LogP contribution in [0.3, 0.4) is 0 Å². The minimum Gasteiger partial charge on any atom is -0.480 e. The molecule has 5 heteroatoms. The van der Waals surface area contributed by atoms with Crippen LogP contribution in [0.25, 0.3) is 0 Å². The molecule has 21 heavy (non-hydrogen) atoms. The monoisotopic (exact) mass is 292 g/mol. The lowest BCUT2D eigenvalue weighted by molar-refractivity contribution is -0.138. The normalized spacial score (nSPS) is 17.6. The predicted molar refractivity (Wildman–Crippen MR) is 81.1 cm³/mol. The molecule has 1 heterocycles. The molecular weight excluding hydrogens is 268 g/mol. The van der Waals surface area contributed by atoms with Gasteiger partial charge in [-0.2, -0.15) is 0 Å². The van der Waals surface area contributed by atoms with Crippen molar-refractivity contribution in [2.45, 2.75) is 19.6 Å². The number of ether oxygens (including phenoxy) is 1. The maximum Gasteiger partial charge on any atom is 0.317 e. The second-order valence-corrected chi connectivity index (χ2v) is 5.55. The first-order valence-electron chi connectivity index (χ1n) is 7.40. The highest BCUT2D eigenvalue weighted by atomic mass is 16.5. The molecular formula is C16H24N2O3. The summed E-state index contributed by atoms with van der Waals surface area (Å²) in [5, 5.41) is 8.86. The molecule has 1 aromatic carbocycles. The lowest BCUT2D eigenvalue weighted by atomic mass is 10.1. The number of hydrogen-bond acceptors (Lipinski definition) is 4. The molecule has 0 saturated carbocycles. The van der Waals surface area contributed by atoms with Crippen molar-refractivity contribution < 1.29 is 14.6 Å². The fourth-order valence-corrected chi connectivity index (χ4v) is 2.70. The molecule has 0 unspecified atom stereocenters. The summed E-state index contributed by atoms with van der Waals surface area (Å²) >= 11 is 0. The molecule has 116 valence electrons. The topological polar surface area (TPSA) is 53.0 Å². The number of nitrogens with zero attached hydrogens (tertiary/aromatic N) is 2. The standard InChI is InChI=1S/C16H24N2O3/c1-21-13-15-5-3-14(4-6-15)11-17-7-2-8-18(10-9-17)12-16(19)20/h3-6H,2,7-13H2,1H3,(H,19,20). The van der Waals surface area contributed by atoms with Gasteiger partial charge in [0.25, 0.3) is 0 Å². The Bertz CT molecular complexity index is 447. The molecule has 5 nitrogen and oxygen atoms in total. The molecule has 0 spiro atoms. The van der Waals surface area contributed by atoms with Gasteiger partial charge in [0, 0.05) is 33.3 Å². The number of rotatable bonds is 6. The molecule has 1 aromatic rings. The molecule has 0 radical (unpaired) electrons. The molecule has 1 aliphatic rings. The molecule has 1 fully saturated rings. The Morgan fingerprint density at radius 1 is 1.10 bits per heavy atom. The number of aliphatic carboxylic acids is 1. The first-order valence-corrected chi connectivity index (χ1v) is 7.40. The van der Waals surface area contributed by atoms with E-state index in [0.29, 0.717) is 6.61 Å². The summed E-state index contributed by atoms with van der Waals surface area (Å²) in [6, 6.07) is 8.50. The molecule has 1 saturated heterocycles. The Morgan fingerprint density at radius 2 is 1.71 bits per heavy atom. The molecule has 1 aliphatic heterocycles. The number of carboxylic acid groups (broad SMARTS) is 1. The van der Waals surface area contributed by atoms with Crippen LogP contribution in [0.4, 0.5) is 0 Å². The van der Waals surface area contributed by atoms with E-state index in [9.17, 15) is 4.79 Å². The van der Waals surface area contributed by atoms with Crippen molar-refractivity contribution in [2.24, 2.45) is 0 Å². The number of methoxy groups -OCH3 is 1. The van der Waals surface area contributed by atoms with Crippen LogP contribution >= 0.6 is 0 Å². The fraction of sp³-hybridized carbons (Fsp3) is 0.562. The molecule has 0 aromatic heterocycles. The van der Waals surface area contributed by atoms with E-state index in [0.717, 1.165) is 39.1 Å². The molecule has 0 atom stereocenters. The third-order valence-electron chi connectivity index (χ3n) is 3.78. The summed E-state index contributed by atoms with van der Waals surface area (Å²) in [6.45, 7) is 5.37. The predicted octanol–water partition coefficient (Wildman–Crippen LogP) is 1.43. The maximum absolute atomic E-state index is 10.8. The average Bonchev–Trinajstić information content (AvgIpc) is 2.66. The Balaban J connectivity index is 1.84. The molecule has 0 aliphatic carbocycles. The van der Waals surface area contributed by atoms with Crippen LogP contribution in [-0.4, -0.2) is 60.7 Å². The zero-order valence-corrected chi connectivity index (χ0v) is 12.6. The van der Waals surface area contributed by atoms with Gasteiger partial charge < -0.3 is 9.84 Å². The van der Waals surface area contributed by atoms with Crippen LogP contribution in [0.2, 0.25) is 0 Å². The van der Waals surface area contributed by atoms with Crippen LogP contribution in [0.15, 0.2) is 24.3 Å². The Labute approximate surface area is 126 Å². The van der Waals surface area contributed by atoms with Crippen LogP contribution in [0.1, 0.15) is 17.5 Å². The second-order valence-electron chi connectivity index (χ2n) is 5.55. The third-order valence-corrected chi connectivity index (χ3v) is 3.78. The summed E-state index contributed by atoms with van der Waals surface area (Å²) in [4.78, 5) is 15.2. The van der Waals surface area contributed by atoms with Crippen LogP contribution < -0.4 is 0 Å². The Kier molecular flexibility index (Phi) is 6.17. The molecule has 0 bridgehead atoms. The molecule has 0 amide bonds. The average molecular weight is 292 g/mol. The first kappa shape index (κ1) is 15.9. The van der Waals surface area contributed by atoms with Gasteiger partial charge in [0.1, 0.15) is 0 Å². The van der Waals surface area contributed by atoms with Crippen molar-refractivity contribution in [1.29, 1.82) is 0 Å². The van der Waals surface area contributed by atoms with Gasteiger partial charge >= 0.3 is 5.97 Å². The number of hydrogen-bond donors (Lipinski definition) is 1. The van der Waals surface area contributed by atoms with Gasteiger partial charge in [-0.1, -0.05) is 24.3 Å². The van der Waals surface area contributed by atoms with Crippen molar-refractivity contribution >= 4 is 5.97 Å². The minimum absolute atomic E-state index is 0.152. The van der Waals surface area contributed by atoms with E-state index in [1.54, 1.807) is 7.11 Å². The lowest BCUT2D eigenvalue weighted by Crippen LogP contribution is -2.34. The molecule has 2 rings (SSSR count). The zero-order valence-electron chi connectivity index (χ0n) is 12.6. The van der Waals surface area contributed by atoms with Crippen LogP contribution in [0, 0.1) is 0 Å². The van der Waals surface area contributed by atoms with Crippen molar-refractivity contribution in [3.8, 4) is 0 Å². The summed E-state index contributed by atoms with van der Waals surface area (Å²) in [5.74, 6) is -0.739. The Morgan fingerprint density at radius 3 is 2.38 bits per heavy atom. The van der Waals surface area contributed by atoms with Crippen molar-refractivity contribution in [1.82, 2.24) is 9.80 Å². The largest absolute Gasteiger partial charge is 0.480 e. The van der Waals surface area contributed by atoms with E-state index < -0.39 is 5.97 Å². The van der Waals surface area contributed by atoms with E-state index in [1.807, 2.05) is 4.90 Å². The summed E-state index contributed by atoms with van der Waals surface area (Å²) < 4.78 is 5.11. The van der Waals surface area contributed by atoms with Crippen LogP contribution in [0.5, 0.6) is 0 Å².